The van der Waals surface area contributed by atoms with Gasteiger partial charge in [0.05, 0.1) is 0 Å². The van der Waals surface area contributed by atoms with Gasteiger partial charge < -0.3 is 5.32 Å². The standard InChI is InChI=1S/C13H12ClN3O/c1-8-3-4-10(6-11(8)14)17-13(18)12-5-9(2)15-7-16-12/h3-7H,1-2H3,(H,17,18). The highest BCUT2D eigenvalue weighted by molar-refractivity contribution is 6.31. The minimum Gasteiger partial charge on any atom is -0.321 e. The number of rotatable bonds is 2. The molecule has 2 rings (SSSR count). The Bertz CT molecular complexity index is 599. The van der Waals surface area contributed by atoms with Gasteiger partial charge in [0.15, 0.2) is 0 Å². The summed E-state index contributed by atoms with van der Waals surface area (Å²) in [6.45, 7) is 3.71. The zero-order chi connectivity index (χ0) is 13.1. The summed E-state index contributed by atoms with van der Waals surface area (Å²) in [4.78, 5) is 19.8. The van der Waals surface area contributed by atoms with E-state index in [-0.39, 0.29) is 5.91 Å². The maximum atomic E-state index is 11.9. The molecule has 0 aliphatic carbocycles. The number of aryl methyl sites for hydroxylation is 2. The van der Waals surface area contributed by atoms with Crippen molar-refractivity contribution in [3.05, 3.63) is 52.6 Å². The van der Waals surface area contributed by atoms with Crippen molar-refractivity contribution in [1.29, 1.82) is 0 Å². The second-order valence-electron chi connectivity index (χ2n) is 3.96. The Morgan fingerprint density at radius 2 is 2.00 bits per heavy atom. The molecule has 0 saturated heterocycles. The van der Waals surface area contributed by atoms with E-state index in [1.807, 2.05) is 13.0 Å². The molecule has 1 amide bonds. The summed E-state index contributed by atoms with van der Waals surface area (Å²) >= 11 is 5.99. The van der Waals surface area contributed by atoms with Gasteiger partial charge >= 0.3 is 0 Å². The van der Waals surface area contributed by atoms with Crippen molar-refractivity contribution < 1.29 is 4.79 Å². The first-order chi connectivity index (χ1) is 8.56. The zero-order valence-electron chi connectivity index (χ0n) is 10.1. The largest absolute Gasteiger partial charge is 0.321 e. The van der Waals surface area contributed by atoms with Crippen LogP contribution in [0.2, 0.25) is 5.02 Å². The molecule has 4 nitrogen and oxygen atoms in total. The maximum Gasteiger partial charge on any atom is 0.274 e. The normalized spacial score (nSPS) is 10.2. The van der Waals surface area contributed by atoms with Crippen LogP contribution in [0, 0.1) is 13.8 Å². The van der Waals surface area contributed by atoms with Crippen LogP contribution in [0.4, 0.5) is 5.69 Å². The molecule has 0 bridgehead atoms. The molecule has 0 aliphatic heterocycles. The fourth-order valence-corrected chi connectivity index (χ4v) is 1.62. The first-order valence-corrected chi connectivity index (χ1v) is 5.80. The third kappa shape index (κ3) is 2.84. The Kier molecular flexibility index (Phi) is 3.58. The van der Waals surface area contributed by atoms with Gasteiger partial charge in [-0.05, 0) is 37.6 Å². The van der Waals surface area contributed by atoms with Crippen LogP contribution in [0.25, 0.3) is 0 Å². The molecule has 0 radical (unpaired) electrons. The number of carbonyl (C=O) groups is 1. The third-order valence-corrected chi connectivity index (χ3v) is 2.87. The molecule has 1 aromatic heterocycles. The van der Waals surface area contributed by atoms with Crippen LogP contribution in [-0.2, 0) is 0 Å². The second-order valence-corrected chi connectivity index (χ2v) is 4.37. The number of anilines is 1. The number of hydrogen-bond acceptors (Lipinski definition) is 3. The molecule has 0 unspecified atom stereocenters. The average Bonchev–Trinajstić information content (AvgIpc) is 2.34. The lowest BCUT2D eigenvalue weighted by molar-refractivity contribution is 0.102. The van der Waals surface area contributed by atoms with E-state index < -0.39 is 0 Å². The molecule has 0 saturated carbocycles. The summed E-state index contributed by atoms with van der Waals surface area (Å²) < 4.78 is 0. The summed E-state index contributed by atoms with van der Waals surface area (Å²) in [5, 5.41) is 3.36. The van der Waals surface area contributed by atoms with E-state index in [0.29, 0.717) is 16.4 Å². The minimum atomic E-state index is -0.277. The van der Waals surface area contributed by atoms with Gasteiger partial charge in [-0.25, -0.2) is 9.97 Å². The first kappa shape index (κ1) is 12.5. The molecular weight excluding hydrogens is 250 g/mol. The molecule has 0 aliphatic rings. The SMILES string of the molecule is Cc1cc(C(=O)Nc2ccc(C)c(Cl)c2)ncn1. The van der Waals surface area contributed by atoms with Crippen molar-refractivity contribution in [3.63, 3.8) is 0 Å². The lowest BCUT2D eigenvalue weighted by Crippen LogP contribution is -2.14. The van der Waals surface area contributed by atoms with Crippen LogP contribution in [0.5, 0.6) is 0 Å². The molecule has 0 spiro atoms. The van der Waals surface area contributed by atoms with Crippen molar-refractivity contribution in [2.45, 2.75) is 13.8 Å². The summed E-state index contributed by atoms with van der Waals surface area (Å²) in [5.41, 5.74) is 2.69. The van der Waals surface area contributed by atoms with E-state index in [9.17, 15) is 4.79 Å². The van der Waals surface area contributed by atoms with Crippen LogP contribution < -0.4 is 5.32 Å². The highest BCUT2D eigenvalue weighted by atomic mass is 35.5. The average molecular weight is 262 g/mol. The molecule has 2 aromatic rings. The Labute approximate surface area is 110 Å². The number of hydrogen-bond donors (Lipinski definition) is 1. The monoisotopic (exact) mass is 261 g/mol. The number of amides is 1. The van der Waals surface area contributed by atoms with Crippen LogP contribution in [0.3, 0.4) is 0 Å². The van der Waals surface area contributed by atoms with Gasteiger partial charge in [0, 0.05) is 16.4 Å². The highest BCUT2D eigenvalue weighted by Crippen LogP contribution is 2.20. The summed E-state index contributed by atoms with van der Waals surface area (Å²) in [7, 11) is 0. The summed E-state index contributed by atoms with van der Waals surface area (Å²) in [6.07, 6.45) is 1.37. The zero-order valence-corrected chi connectivity index (χ0v) is 10.8. The fraction of sp³-hybridized carbons (Fsp3) is 0.154. The Morgan fingerprint density at radius 1 is 1.22 bits per heavy atom. The van der Waals surface area contributed by atoms with Gasteiger partial charge in [0.2, 0.25) is 0 Å². The van der Waals surface area contributed by atoms with Crippen molar-refractivity contribution in [1.82, 2.24) is 9.97 Å². The molecule has 92 valence electrons. The predicted molar refractivity (Wildman–Crippen MR) is 70.9 cm³/mol. The Hall–Kier alpha value is -1.94. The minimum absolute atomic E-state index is 0.277. The number of nitrogens with one attached hydrogen (secondary N) is 1. The van der Waals surface area contributed by atoms with E-state index >= 15 is 0 Å². The van der Waals surface area contributed by atoms with Gasteiger partial charge in [-0.1, -0.05) is 17.7 Å². The predicted octanol–water partition coefficient (Wildman–Crippen LogP) is 3.00. The number of halogens is 1. The fourth-order valence-electron chi connectivity index (χ4n) is 1.44. The van der Waals surface area contributed by atoms with Crippen LogP contribution in [0.1, 0.15) is 21.7 Å². The van der Waals surface area contributed by atoms with Gasteiger partial charge in [-0.3, -0.25) is 4.79 Å². The van der Waals surface area contributed by atoms with E-state index in [1.165, 1.54) is 6.33 Å². The lowest BCUT2D eigenvalue weighted by Gasteiger charge is -2.06. The van der Waals surface area contributed by atoms with Crippen LogP contribution in [-0.4, -0.2) is 15.9 Å². The Balaban J connectivity index is 2.18. The molecule has 5 heteroatoms. The van der Waals surface area contributed by atoms with Crippen LogP contribution >= 0.6 is 11.6 Å². The molecule has 1 N–H and O–H groups in total. The lowest BCUT2D eigenvalue weighted by atomic mass is 10.2. The number of nitrogens with zero attached hydrogens (tertiary/aromatic N) is 2. The van der Waals surface area contributed by atoms with Gasteiger partial charge in [0.1, 0.15) is 12.0 Å². The molecule has 0 atom stereocenters. The summed E-state index contributed by atoms with van der Waals surface area (Å²) in [6, 6.07) is 6.99. The molecule has 0 fully saturated rings. The van der Waals surface area contributed by atoms with Gasteiger partial charge in [-0.2, -0.15) is 0 Å². The van der Waals surface area contributed by atoms with Crippen molar-refractivity contribution in [2.24, 2.45) is 0 Å². The number of benzene rings is 1. The topological polar surface area (TPSA) is 54.9 Å². The number of carbonyl (C=O) groups excluding carboxylic acids is 1. The Morgan fingerprint density at radius 3 is 2.67 bits per heavy atom. The smallest absolute Gasteiger partial charge is 0.274 e. The van der Waals surface area contributed by atoms with Gasteiger partial charge in [-0.15, -0.1) is 0 Å². The molecule has 18 heavy (non-hydrogen) atoms. The van der Waals surface area contributed by atoms with E-state index in [2.05, 4.69) is 15.3 Å². The quantitative estimate of drug-likeness (QED) is 0.904. The number of aromatic nitrogens is 2. The molecular formula is C13H12ClN3O. The van der Waals surface area contributed by atoms with Crippen molar-refractivity contribution in [3.8, 4) is 0 Å². The molecule has 1 aromatic carbocycles. The van der Waals surface area contributed by atoms with E-state index in [1.54, 1.807) is 25.1 Å². The van der Waals surface area contributed by atoms with E-state index in [0.717, 1.165) is 11.3 Å². The molecule has 1 heterocycles. The maximum absolute atomic E-state index is 11.9. The summed E-state index contributed by atoms with van der Waals surface area (Å²) in [5.74, 6) is -0.277. The highest BCUT2D eigenvalue weighted by Gasteiger charge is 2.08. The third-order valence-electron chi connectivity index (χ3n) is 2.47. The van der Waals surface area contributed by atoms with E-state index in [4.69, 9.17) is 11.6 Å². The van der Waals surface area contributed by atoms with Crippen LogP contribution in [0.15, 0.2) is 30.6 Å². The second kappa shape index (κ2) is 5.14. The van der Waals surface area contributed by atoms with Gasteiger partial charge in [0.25, 0.3) is 5.91 Å². The van der Waals surface area contributed by atoms with Crippen molar-refractivity contribution in [2.75, 3.05) is 5.32 Å². The van der Waals surface area contributed by atoms with Crippen molar-refractivity contribution >= 4 is 23.2 Å². The first-order valence-electron chi connectivity index (χ1n) is 5.42.